The summed E-state index contributed by atoms with van der Waals surface area (Å²) in [5, 5.41) is 23.6. The quantitative estimate of drug-likeness (QED) is 0.117. The van der Waals surface area contributed by atoms with Crippen LogP contribution in [0.15, 0.2) is 25.6 Å². The van der Waals surface area contributed by atoms with Crippen LogP contribution < -0.4 is 5.32 Å². The van der Waals surface area contributed by atoms with Crippen LogP contribution in [-0.2, 0) is 12.4 Å². The minimum Gasteiger partial charge on any atom is -0.347 e. The summed E-state index contributed by atoms with van der Waals surface area (Å²) in [5.74, 6) is 0. The van der Waals surface area contributed by atoms with Crippen molar-refractivity contribution in [1.82, 2.24) is 0 Å². The minimum atomic E-state index is -5.34. The van der Waals surface area contributed by atoms with Crippen LogP contribution in [0.3, 0.4) is 0 Å². The summed E-state index contributed by atoms with van der Waals surface area (Å²) in [6.07, 6.45) is -10.4. The van der Waals surface area contributed by atoms with E-state index in [2.05, 4.69) is 47.8 Å². The molecule has 17 heteroatoms. The van der Waals surface area contributed by atoms with Gasteiger partial charge in [0.25, 0.3) is 11.4 Å². The number of nitro benzene ring substituents is 2. The average Bonchev–Trinajstić information content (AvgIpc) is 2.60. The lowest BCUT2D eigenvalue weighted by Gasteiger charge is -2.21. The van der Waals surface area contributed by atoms with Crippen LogP contribution in [0.4, 0.5) is 49.1 Å². The highest BCUT2D eigenvalue weighted by atomic mass is 79.9. The first-order valence-corrected chi connectivity index (χ1v) is 9.98. The number of alkyl halides is 6. The Kier molecular flexibility index (Phi) is 7.19. The van der Waals surface area contributed by atoms with Gasteiger partial charge < -0.3 is 5.32 Å². The zero-order valence-electron chi connectivity index (χ0n) is 14.0. The summed E-state index contributed by atoms with van der Waals surface area (Å²) in [4.78, 5) is 19.6. The Morgan fingerprint density at radius 3 is 1.81 bits per heavy atom. The zero-order valence-corrected chi connectivity index (χ0v) is 19.5. The number of nitrogens with one attached hydrogen (secondary N) is 1. The van der Waals surface area contributed by atoms with E-state index in [1.54, 1.807) is 0 Å². The normalized spacial score (nSPS) is 12.1. The Morgan fingerprint density at radius 1 is 0.839 bits per heavy atom. The highest BCUT2D eigenvalue weighted by Crippen LogP contribution is 2.52. The summed E-state index contributed by atoms with van der Waals surface area (Å²) in [6, 6.07) is 0.257. The lowest BCUT2D eigenvalue weighted by Crippen LogP contribution is -2.14. The largest absolute Gasteiger partial charge is 0.418 e. The molecule has 0 unspecified atom stereocenters. The maximum atomic E-state index is 13.5. The van der Waals surface area contributed by atoms with E-state index in [0.29, 0.717) is 0 Å². The van der Waals surface area contributed by atoms with Crippen molar-refractivity contribution in [3.05, 3.63) is 61.9 Å². The number of hydrogen-bond acceptors (Lipinski definition) is 5. The molecule has 0 bridgehead atoms. The van der Waals surface area contributed by atoms with Gasteiger partial charge in [-0.25, -0.2) is 0 Å². The van der Waals surface area contributed by atoms with Gasteiger partial charge in [0.1, 0.15) is 5.69 Å². The lowest BCUT2D eigenvalue weighted by atomic mass is 10.1. The van der Waals surface area contributed by atoms with E-state index in [0.717, 1.165) is 0 Å². The molecule has 0 saturated carbocycles. The second-order valence-electron chi connectivity index (χ2n) is 5.53. The summed E-state index contributed by atoms with van der Waals surface area (Å²) in [6.45, 7) is 0. The molecule has 0 radical (unpaired) electrons. The van der Waals surface area contributed by atoms with Gasteiger partial charge in [-0.1, -0.05) is 11.6 Å². The fourth-order valence-corrected chi connectivity index (χ4v) is 5.16. The molecule has 168 valence electrons. The smallest absolute Gasteiger partial charge is 0.347 e. The van der Waals surface area contributed by atoms with Crippen molar-refractivity contribution < 1.29 is 36.2 Å². The van der Waals surface area contributed by atoms with Gasteiger partial charge in [-0.15, -0.1) is 0 Å². The molecule has 7 nitrogen and oxygen atoms in total. The summed E-state index contributed by atoms with van der Waals surface area (Å²) >= 11 is 13.9. The molecule has 0 spiro atoms. The van der Waals surface area contributed by atoms with E-state index in [4.69, 9.17) is 11.6 Å². The second kappa shape index (κ2) is 8.71. The fraction of sp³-hybridized carbons (Fsp3) is 0.143. The van der Waals surface area contributed by atoms with E-state index in [1.807, 2.05) is 5.32 Å². The third-order valence-corrected chi connectivity index (χ3v) is 6.83. The van der Waals surface area contributed by atoms with E-state index < -0.39 is 70.0 Å². The van der Waals surface area contributed by atoms with Crippen LogP contribution >= 0.6 is 59.4 Å². The number of nitrogens with zero attached hydrogens (tertiary/aromatic N) is 2. The van der Waals surface area contributed by atoms with E-state index in [-0.39, 0.29) is 16.6 Å². The Balaban J connectivity index is 2.93. The van der Waals surface area contributed by atoms with Gasteiger partial charge in [-0.05, 0) is 47.8 Å². The molecule has 0 aliphatic heterocycles. The standard InChI is InChI=1S/C14H3Br3ClF6N3O4/c15-7-6(14(22,23)24)8(16)12(9(17)10(7)18)25-11-4(13(19,20)21)1-3(26(28)29)2-5(11)27(30)31/h1-2,25H. The molecule has 0 heterocycles. The van der Waals surface area contributed by atoms with Crippen molar-refractivity contribution in [2.45, 2.75) is 12.4 Å². The summed E-state index contributed by atoms with van der Waals surface area (Å²) in [7, 11) is 0. The molecule has 31 heavy (non-hydrogen) atoms. The molecular weight excluding hydrogens is 663 g/mol. The van der Waals surface area contributed by atoms with Crippen molar-refractivity contribution in [1.29, 1.82) is 0 Å². The van der Waals surface area contributed by atoms with E-state index in [9.17, 15) is 46.6 Å². The molecule has 0 saturated heterocycles. The van der Waals surface area contributed by atoms with Crippen LogP contribution in [0.5, 0.6) is 0 Å². The van der Waals surface area contributed by atoms with Gasteiger partial charge in [-0.2, -0.15) is 26.3 Å². The number of halogens is 10. The van der Waals surface area contributed by atoms with Gasteiger partial charge in [0, 0.05) is 6.07 Å². The highest BCUT2D eigenvalue weighted by Gasteiger charge is 2.42. The first-order valence-electron chi connectivity index (χ1n) is 7.22. The number of rotatable bonds is 4. The maximum Gasteiger partial charge on any atom is 0.418 e. The van der Waals surface area contributed by atoms with Gasteiger partial charge in [0.15, 0.2) is 0 Å². The fourth-order valence-electron chi connectivity index (χ4n) is 2.33. The Hall–Kier alpha value is -1.65. The highest BCUT2D eigenvalue weighted by molar-refractivity contribution is 9.11. The first kappa shape index (κ1) is 25.6. The van der Waals surface area contributed by atoms with Gasteiger partial charge in [0.05, 0.1) is 51.2 Å². The van der Waals surface area contributed by atoms with Crippen molar-refractivity contribution in [3.8, 4) is 0 Å². The molecule has 1 N–H and O–H groups in total. The molecule has 0 atom stereocenters. The van der Waals surface area contributed by atoms with Gasteiger partial charge in [-0.3, -0.25) is 20.2 Å². The van der Waals surface area contributed by atoms with Crippen LogP contribution in [0.25, 0.3) is 0 Å². The first-order chi connectivity index (χ1) is 14.0. The Labute approximate surface area is 197 Å². The predicted molar refractivity (Wildman–Crippen MR) is 108 cm³/mol. The van der Waals surface area contributed by atoms with Gasteiger partial charge in [0.2, 0.25) is 0 Å². The molecule has 2 aromatic carbocycles. The van der Waals surface area contributed by atoms with Gasteiger partial charge >= 0.3 is 12.4 Å². The molecule has 0 fully saturated rings. The third-order valence-electron chi connectivity index (χ3n) is 3.61. The Bertz CT molecular complexity index is 1110. The van der Waals surface area contributed by atoms with Crippen molar-refractivity contribution in [2.75, 3.05) is 5.32 Å². The molecule has 0 amide bonds. The lowest BCUT2D eigenvalue weighted by molar-refractivity contribution is -0.394. The molecule has 2 aromatic rings. The van der Waals surface area contributed by atoms with E-state index >= 15 is 0 Å². The Morgan fingerprint density at radius 2 is 1.39 bits per heavy atom. The number of nitro groups is 2. The summed E-state index contributed by atoms with van der Waals surface area (Å²) < 4.78 is 79.0. The van der Waals surface area contributed by atoms with E-state index in [1.165, 1.54) is 0 Å². The molecule has 2 rings (SSSR count). The second-order valence-corrected chi connectivity index (χ2v) is 8.29. The number of non-ortho nitro benzene ring substituents is 1. The molecule has 0 aromatic heterocycles. The van der Waals surface area contributed by atoms with Crippen LogP contribution in [0, 0.1) is 20.2 Å². The monoisotopic (exact) mass is 663 g/mol. The van der Waals surface area contributed by atoms with Crippen LogP contribution in [-0.4, -0.2) is 9.85 Å². The van der Waals surface area contributed by atoms with Crippen molar-refractivity contribution >= 4 is 82.1 Å². The molecule has 0 aliphatic rings. The third kappa shape index (κ3) is 5.06. The van der Waals surface area contributed by atoms with Crippen molar-refractivity contribution in [3.63, 3.8) is 0 Å². The topological polar surface area (TPSA) is 98.3 Å². The van der Waals surface area contributed by atoms with Crippen LogP contribution in [0.1, 0.15) is 11.1 Å². The van der Waals surface area contributed by atoms with Crippen LogP contribution in [0.2, 0.25) is 5.02 Å². The SMILES string of the molecule is O=[N+]([O-])c1cc([N+](=O)[O-])c(Nc2c(Br)c(Cl)c(Br)c(C(F)(F)F)c2Br)c(C(F)(F)F)c1. The number of benzene rings is 2. The minimum absolute atomic E-state index is 0.0161. The number of anilines is 2. The average molecular weight is 666 g/mol. The summed E-state index contributed by atoms with van der Waals surface area (Å²) in [5.41, 5.74) is -7.96. The molecular formula is C14H3Br3ClF6N3O4. The maximum absolute atomic E-state index is 13.5. The zero-order chi connectivity index (χ0) is 24.0. The molecule has 0 aliphatic carbocycles. The van der Waals surface area contributed by atoms with Crippen molar-refractivity contribution in [2.24, 2.45) is 0 Å². The predicted octanol–water partition coefficient (Wildman–Crippen LogP) is 8.23. The number of hydrogen-bond donors (Lipinski definition) is 1.